The molecule has 2 aromatic rings. The average Bonchev–Trinajstić information content (AvgIpc) is 4.11. The summed E-state index contributed by atoms with van der Waals surface area (Å²) in [6, 6.07) is 16.9. The third-order valence-corrected chi connectivity index (χ3v) is 16.7. The number of halogens is 3. The fraction of sp³-hybridized carbons (Fsp3) is 0.717. The van der Waals surface area contributed by atoms with Gasteiger partial charge in [-0.1, -0.05) is 61.1 Å². The molecule has 0 aromatic heterocycles. The van der Waals surface area contributed by atoms with Crippen LogP contribution in [0.15, 0.2) is 48.5 Å². The number of piperidine rings is 3. The SMILES string of the molecule is C.C.C.C.C[C@H]1CCCCN1[C@@H](c1cccc(F)c1)C1CCN(S(=O)(=O)C2CC2)CC1.C[C@H]1CN(C)CCN1.Fc1c[c-]ccc1.O=S(=O)(C1CC1)N1CCC([CH-]O)CC1.[Br-].[Mg+2].[Y]. The molecule has 6 aliphatic rings. The minimum absolute atomic E-state index is 0. The third-order valence-electron chi connectivity index (χ3n) is 11.9. The summed E-state index contributed by atoms with van der Waals surface area (Å²) in [5.41, 5.74) is 1.05. The van der Waals surface area contributed by atoms with Crippen LogP contribution in [0.4, 0.5) is 8.78 Å². The Morgan fingerprint density at radius 2 is 1.30 bits per heavy atom. The zero-order valence-corrected chi connectivity index (χ0v) is 42.7. The van der Waals surface area contributed by atoms with Gasteiger partial charge in [0.1, 0.15) is 5.82 Å². The van der Waals surface area contributed by atoms with E-state index in [1.165, 1.54) is 57.2 Å². The summed E-state index contributed by atoms with van der Waals surface area (Å²) < 4.78 is 77.9. The van der Waals surface area contributed by atoms with Gasteiger partial charge in [-0.05, 0) is 102 Å². The molecule has 4 heterocycles. The molecule has 2 saturated carbocycles. The molecule has 2 N–H and O–H groups in total. The molecule has 4 aliphatic heterocycles. The predicted octanol–water partition coefficient (Wildman–Crippen LogP) is 5.37. The zero-order chi connectivity index (χ0) is 40.3. The number of likely N-dealkylation sites (N-methyl/N-ethyl adjacent to an activating group) is 1. The van der Waals surface area contributed by atoms with Gasteiger partial charge < -0.3 is 32.3 Å². The monoisotopic (exact) mass is 1080 g/mol. The van der Waals surface area contributed by atoms with E-state index < -0.39 is 20.0 Å². The van der Waals surface area contributed by atoms with Crippen LogP contribution in [0.1, 0.15) is 126 Å². The molecule has 0 amide bonds. The van der Waals surface area contributed by atoms with E-state index in [0.717, 1.165) is 70.0 Å². The molecular weight excluding hydrogens is 998 g/mol. The molecule has 3 atom stereocenters. The summed E-state index contributed by atoms with van der Waals surface area (Å²) in [5, 5.41) is 12.0. The van der Waals surface area contributed by atoms with E-state index in [1.54, 1.807) is 32.9 Å². The van der Waals surface area contributed by atoms with Crippen LogP contribution in [0.25, 0.3) is 0 Å². The standard InChI is InChI=1S/C21H31FN2O2S.C9H16NO3S.C6H4F.C6H14N2.4CH4.BrH.Mg.Y/c1-16-5-2-3-12-24(16)21(18-6-4-7-19(22)15-18)17-10-13-23(14-11-17)27(25,26)20-8-9-20;11-7-8-3-5-10(6-4-8)14(12,13)9-1-2-9;7-6-4-2-1-3-5-6;1-6-5-8(2)4-3-7-6;;;;;;;/h4,6-7,15-17,20-21H,2-3,5,8-14H2,1H3;7-9,11H,1-6H2;1-2,4-5H;6-7H,3-5H2,1-2H3;4*1H4;1H;;/q;2*-1;;;;;;;+2;/p-1/t16-,21+;;;6-;;;;;;;/m0..0......./s1. The quantitative estimate of drug-likeness (QED) is 0.269. The largest absolute Gasteiger partial charge is 2.00 e. The fourth-order valence-electron chi connectivity index (χ4n) is 8.33. The summed E-state index contributed by atoms with van der Waals surface area (Å²) in [4.78, 5) is 4.90. The number of nitrogens with zero attached hydrogens (tertiary/aromatic N) is 4. The smallest absolute Gasteiger partial charge is 1.00 e. The van der Waals surface area contributed by atoms with Gasteiger partial charge in [0.25, 0.3) is 0 Å². The van der Waals surface area contributed by atoms with Crippen molar-refractivity contribution in [3.05, 3.63) is 78.4 Å². The van der Waals surface area contributed by atoms with Crippen LogP contribution in [0.5, 0.6) is 0 Å². The number of likely N-dealkylation sites (tertiary alicyclic amines) is 1. The Balaban J connectivity index is -0.000000846. The number of hydrogen-bond donors (Lipinski definition) is 2. The van der Waals surface area contributed by atoms with Crippen LogP contribution in [0.3, 0.4) is 0 Å². The maximum atomic E-state index is 14.0. The van der Waals surface area contributed by atoms with Gasteiger partial charge >= 0.3 is 23.1 Å². The van der Waals surface area contributed by atoms with Crippen LogP contribution >= 0.6 is 0 Å². The van der Waals surface area contributed by atoms with Gasteiger partial charge in [-0.3, -0.25) is 9.29 Å². The molecule has 4 saturated heterocycles. The molecule has 63 heavy (non-hydrogen) atoms. The first-order valence-corrected chi connectivity index (χ1v) is 23.8. The Kier molecular flexibility index (Phi) is 35.3. The fourth-order valence-corrected chi connectivity index (χ4v) is 12.1. The van der Waals surface area contributed by atoms with E-state index >= 15 is 0 Å². The normalized spacial score (nSPS) is 22.9. The number of hydrogen-bond acceptors (Lipinski definition) is 8. The second-order valence-electron chi connectivity index (χ2n) is 16.5. The minimum atomic E-state index is -3.09. The topological polar surface area (TPSA) is 114 Å². The van der Waals surface area contributed by atoms with Gasteiger partial charge in [0.2, 0.25) is 20.0 Å². The van der Waals surface area contributed by atoms with E-state index in [2.05, 4.69) is 42.1 Å². The number of piperazine rings is 1. The Bertz CT molecular complexity index is 1700. The number of aliphatic hydroxyl groups excluding tert-OH is 1. The summed E-state index contributed by atoms with van der Waals surface area (Å²) in [5.74, 6) is 0.136. The van der Waals surface area contributed by atoms with Crippen molar-refractivity contribution >= 4 is 43.1 Å². The molecule has 1 radical (unpaired) electrons. The Morgan fingerprint density at radius 3 is 1.70 bits per heavy atom. The van der Waals surface area contributed by atoms with Gasteiger partial charge in [-0.2, -0.15) is 18.2 Å². The Hall–Kier alpha value is 0.310. The third kappa shape index (κ3) is 21.2. The molecular formula is C46H81BrF2MgN5O5S2Y-. The molecule has 6 fully saturated rings. The maximum absolute atomic E-state index is 14.0. The molecule has 2 aromatic carbocycles. The van der Waals surface area contributed by atoms with Crippen LogP contribution in [0.2, 0.25) is 0 Å². The Labute approximate surface area is 435 Å². The Morgan fingerprint density at radius 1 is 0.762 bits per heavy atom. The minimum Gasteiger partial charge on any atom is -1.00 e. The van der Waals surface area contributed by atoms with E-state index in [-0.39, 0.29) is 137 Å². The van der Waals surface area contributed by atoms with E-state index in [9.17, 15) is 25.6 Å². The van der Waals surface area contributed by atoms with Crippen LogP contribution in [-0.2, 0) is 52.8 Å². The van der Waals surface area contributed by atoms with E-state index in [1.807, 2.05) is 6.07 Å². The van der Waals surface area contributed by atoms with Gasteiger partial charge in [0, 0.05) is 102 Å². The maximum Gasteiger partial charge on any atom is 2.00 e. The first-order valence-electron chi connectivity index (χ1n) is 20.8. The second kappa shape index (κ2) is 33.0. The summed E-state index contributed by atoms with van der Waals surface area (Å²) in [6.45, 7) is 12.6. The predicted molar refractivity (Wildman–Crippen MR) is 251 cm³/mol. The van der Waals surface area contributed by atoms with Crippen molar-refractivity contribution in [2.24, 2.45) is 11.8 Å². The molecule has 0 bridgehead atoms. The molecule has 0 spiro atoms. The van der Waals surface area contributed by atoms with Crippen LogP contribution in [0, 0.1) is 36.1 Å². The van der Waals surface area contributed by atoms with Gasteiger partial charge in [0.15, 0.2) is 0 Å². The molecule has 10 nitrogen and oxygen atoms in total. The number of aliphatic hydroxyl groups is 1. The number of nitrogens with one attached hydrogen (secondary N) is 1. The number of sulfonamides is 2. The van der Waals surface area contributed by atoms with Crippen LogP contribution in [-0.4, -0.2) is 145 Å². The number of rotatable bonds is 8. The first kappa shape index (κ1) is 67.6. The van der Waals surface area contributed by atoms with Crippen molar-refractivity contribution in [2.75, 3.05) is 59.4 Å². The zero-order valence-electron chi connectivity index (χ0n) is 35.3. The molecule has 359 valence electrons. The van der Waals surface area contributed by atoms with E-state index in [4.69, 9.17) is 5.11 Å². The van der Waals surface area contributed by atoms with Crippen molar-refractivity contribution in [1.29, 1.82) is 0 Å². The van der Waals surface area contributed by atoms with Crippen molar-refractivity contribution in [2.45, 2.75) is 143 Å². The molecule has 17 heteroatoms. The summed E-state index contributed by atoms with van der Waals surface area (Å²) in [6.07, 6.45) is 10.1. The van der Waals surface area contributed by atoms with Gasteiger partial charge in [-0.15, -0.1) is 18.1 Å². The van der Waals surface area contributed by atoms with Gasteiger partial charge in [0.05, 0.1) is 10.5 Å². The summed E-state index contributed by atoms with van der Waals surface area (Å²) >= 11 is 0. The molecule has 0 unspecified atom stereocenters. The molecule has 2 aliphatic carbocycles. The van der Waals surface area contributed by atoms with Crippen molar-refractivity contribution in [1.82, 2.24) is 23.7 Å². The van der Waals surface area contributed by atoms with E-state index in [0.29, 0.717) is 44.2 Å². The molecule has 8 rings (SSSR count). The first-order chi connectivity index (χ1) is 26.8. The van der Waals surface area contributed by atoms with Crippen LogP contribution < -0.4 is 22.3 Å². The van der Waals surface area contributed by atoms with Crippen molar-refractivity contribution < 1.29 is 80.4 Å². The summed E-state index contributed by atoms with van der Waals surface area (Å²) in [7, 11) is -3.90. The second-order valence-corrected chi connectivity index (χ2v) is 21.0. The van der Waals surface area contributed by atoms with Crippen molar-refractivity contribution in [3.63, 3.8) is 0 Å². The number of benzene rings is 2. The van der Waals surface area contributed by atoms with Gasteiger partial charge in [-0.25, -0.2) is 36.4 Å². The average molecular weight is 1080 g/mol. The van der Waals surface area contributed by atoms with Crippen molar-refractivity contribution in [3.8, 4) is 0 Å².